The Morgan fingerprint density at radius 1 is 1.05 bits per heavy atom. The predicted octanol–water partition coefficient (Wildman–Crippen LogP) is 6.13. The van der Waals surface area contributed by atoms with E-state index in [0.717, 1.165) is 71.0 Å². The molecule has 0 N–H and O–H groups in total. The maximum Gasteiger partial charge on any atom is 0.177 e. The summed E-state index contributed by atoms with van der Waals surface area (Å²) < 4.78 is 0. The Labute approximate surface area is 220 Å². The van der Waals surface area contributed by atoms with Gasteiger partial charge in [-0.15, -0.1) is 11.3 Å². The molecule has 0 amide bonds. The van der Waals surface area contributed by atoms with Crippen molar-refractivity contribution in [3.8, 4) is 0 Å². The molecule has 1 atom stereocenters. The van der Waals surface area contributed by atoms with Crippen molar-refractivity contribution in [2.45, 2.75) is 19.4 Å². The molecule has 1 fully saturated rings. The van der Waals surface area contributed by atoms with E-state index in [-0.39, 0.29) is 11.7 Å². The zero-order valence-corrected chi connectivity index (χ0v) is 21.2. The quantitative estimate of drug-likeness (QED) is 0.287. The predicted molar refractivity (Wildman–Crippen MR) is 150 cm³/mol. The fourth-order valence-corrected chi connectivity index (χ4v) is 5.95. The molecule has 0 spiro atoms. The van der Waals surface area contributed by atoms with Gasteiger partial charge in [-0.3, -0.25) is 14.5 Å². The number of carbonyl (C=O) groups excluding carboxylic acids is 2. The van der Waals surface area contributed by atoms with Gasteiger partial charge in [0.05, 0.1) is 22.0 Å². The van der Waals surface area contributed by atoms with Crippen LogP contribution in [0.25, 0.3) is 5.70 Å². The Morgan fingerprint density at radius 3 is 2.65 bits per heavy atom. The number of allylic oxidation sites excluding steroid dienone is 5. The largest absolute Gasteiger partial charge is 0.298 e. The van der Waals surface area contributed by atoms with Gasteiger partial charge in [0.15, 0.2) is 5.78 Å². The number of benzene rings is 2. The van der Waals surface area contributed by atoms with Crippen LogP contribution in [0.3, 0.4) is 0 Å². The van der Waals surface area contributed by atoms with Crippen molar-refractivity contribution in [3.63, 3.8) is 0 Å². The molecule has 0 saturated carbocycles. The fourth-order valence-electron chi connectivity index (χ4n) is 5.21. The lowest BCUT2D eigenvalue weighted by Gasteiger charge is -2.29. The van der Waals surface area contributed by atoms with Crippen molar-refractivity contribution in [3.05, 3.63) is 117 Å². The Morgan fingerprint density at radius 2 is 1.89 bits per heavy atom. The minimum Gasteiger partial charge on any atom is -0.298 e. The number of anilines is 1. The van der Waals surface area contributed by atoms with Crippen molar-refractivity contribution < 1.29 is 9.59 Å². The smallest absolute Gasteiger partial charge is 0.177 e. The van der Waals surface area contributed by atoms with Crippen molar-refractivity contribution >= 4 is 40.5 Å². The highest BCUT2D eigenvalue weighted by atomic mass is 32.1. The van der Waals surface area contributed by atoms with Crippen LogP contribution in [0.15, 0.2) is 107 Å². The number of carbonyl (C=O) groups is 2. The van der Waals surface area contributed by atoms with E-state index in [0.29, 0.717) is 6.42 Å². The third-order valence-electron chi connectivity index (χ3n) is 7.16. The molecular weight excluding hydrogens is 478 g/mol. The van der Waals surface area contributed by atoms with Crippen LogP contribution in [-0.4, -0.2) is 35.8 Å². The molecule has 3 aromatic rings. The number of ketones is 1. The minimum atomic E-state index is 0.0859. The first-order chi connectivity index (χ1) is 18.2. The van der Waals surface area contributed by atoms with Crippen molar-refractivity contribution in [1.82, 2.24) is 4.90 Å². The Hall–Kier alpha value is -3.87. The molecule has 1 saturated heterocycles. The molecule has 0 unspecified atom stereocenters. The summed E-state index contributed by atoms with van der Waals surface area (Å²) in [5, 5.41) is 8.88. The number of hydrogen-bond acceptors (Lipinski definition) is 6. The van der Waals surface area contributed by atoms with Gasteiger partial charge in [0, 0.05) is 35.7 Å². The second-order valence-electron chi connectivity index (χ2n) is 9.58. The summed E-state index contributed by atoms with van der Waals surface area (Å²) in [5.41, 5.74) is 6.61. The summed E-state index contributed by atoms with van der Waals surface area (Å²) in [6, 6.07) is 22.5. The number of aldehydes is 1. The monoisotopic (exact) mass is 505 g/mol. The summed E-state index contributed by atoms with van der Waals surface area (Å²) >= 11 is 1.53. The van der Waals surface area contributed by atoms with Crippen molar-refractivity contribution in [1.29, 1.82) is 0 Å². The SMILES string of the molecule is O=CC1=C2C=C(c3ccccc3)N(c3ccc(CN4CC[C@H](C(=O)c5cccs5)C4)cc3)N=C2C=CC1. The van der Waals surface area contributed by atoms with Crippen molar-refractivity contribution in [2.75, 3.05) is 18.1 Å². The molecule has 0 bridgehead atoms. The number of nitrogens with zero attached hydrogens (tertiary/aromatic N) is 3. The topological polar surface area (TPSA) is 53.0 Å². The van der Waals surface area contributed by atoms with Crippen LogP contribution in [0.5, 0.6) is 0 Å². The third-order valence-corrected chi connectivity index (χ3v) is 8.04. The molecule has 184 valence electrons. The first-order valence-electron chi connectivity index (χ1n) is 12.6. The Bertz CT molecular complexity index is 1430. The molecule has 0 radical (unpaired) electrons. The van der Waals surface area contributed by atoms with E-state index in [4.69, 9.17) is 5.10 Å². The number of Topliss-reactive ketones (excluding diaryl/α,β-unsaturated/α-hetero) is 1. The van der Waals surface area contributed by atoms with Crippen LogP contribution < -0.4 is 5.01 Å². The summed E-state index contributed by atoms with van der Waals surface area (Å²) in [6.07, 6.45) is 8.53. The van der Waals surface area contributed by atoms with E-state index in [9.17, 15) is 9.59 Å². The van der Waals surface area contributed by atoms with Gasteiger partial charge in [-0.25, -0.2) is 5.01 Å². The molecule has 6 rings (SSSR count). The van der Waals surface area contributed by atoms with Gasteiger partial charge >= 0.3 is 0 Å². The summed E-state index contributed by atoms with van der Waals surface area (Å²) in [7, 11) is 0. The average Bonchev–Trinajstić information content (AvgIpc) is 3.66. The van der Waals surface area contributed by atoms with E-state index in [1.165, 1.54) is 16.9 Å². The Balaban J connectivity index is 1.22. The van der Waals surface area contributed by atoms with Crippen LogP contribution in [0.1, 0.15) is 33.6 Å². The number of likely N-dealkylation sites (tertiary alicyclic amines) is 1. The molecule has 37 heavy (non-hydrogen) atoms. The van der Waals surface area contributed by atoms with Gasteiger partial charge in [-0.1, -0.05) is 54.6 Å². The molecule has 2 aliphatic heterocycles. The number of hydrogen-bond donors (Lipinski definition) is 0. The van der Waals surface area contributed by atoms with E-state index < -0.39 is 0 Å². The molecule has 3 heterocycles. The lowest BCUT2D eigenvalue weighted by Crippen LogP contribution is -2.24. The number of rotatable bonds is 7. The van der Waals surface area contributed by atoms with Crippen LogP contribution in [0.4, 0.5) is 5.69 Å². The van der Waals surface area contributed by atoms with Gasteiger partial charge in [-0.2, -0.15) is 5.10 Å². The molecule has 3 aliphatic rings. The van der Waals surface area contributed by atoms with E-state index in [2.05, 4.69) is 47.4 Å². The van der Waals surface area contributed by atoms with Crippen LogP contribution >= 0.6 is 11.3 Å². The summed E-state index contributed by atoms with van der Waals surface area (Å²) in [6.45, 7) is 2.56. The Kier molecular flexibility index (Phi) is 6.51. The van der Waals surface area contributed by atoms with Gasteiger partial charge in [0.25, 0.3) is 0 Å². The zero-order valence-electron chi connectivity index (χ0n) is 20.4. The first-order valence-corrected chi connectivity index (χ1v) is 13.5. The fraction of sp³-hybridized carbons (Fsp3) is 0.194. The number of fused-ring (bicyclic) bond motifs is 1. The van der Waals surface area contributed by atoms with Crippen LogP contribution in [-0.2, 0) is 11.3 Å². The zero-order chi connectivity index (χ0) is 25.2. The van der Waals surface area contributed by atoms with Crippen LogP contribution in [0, 0.1) is 5.92 Å². The highest BCUT2D eigenvalue weighted by Gasteiger charge is 2.29. The van der Waals surface area contributed by atoms with E-state index in [1.54, 1.807) is 0 Å². The van der Waals surface area contributed by atoms with Gasteiger partial charge in [0.2, 0.25) is 0 Å². The molecular formula is C31H27N3O2S. The molecule has 1 aromatic heterocycles. The number of hydrazone groups is 1. The molecule has 5 nitrogen and oxygen atoms in total. The first kappa shape index (κ1) is 23.5. The van der Waals surface area contributed by atoms with Gasteiger partial charge in [0.1, 0.15) is 6.29 Å². The van der Waals surface area contributed by atoms with Crippen LogP contribution in [0.2, 0.25) is 0 Å². The normalized spacial score (nSPS) is 19.5. The average molecular weight is 506 g/mol. The molecule has 2 aromatic carbocycles. The number of thiophene rings is 1. The summed E-state index contributed by atoms with van der Waals surface area (Å²) in [5.74, 6) is 0.364. The molecule has 1 aliphatic carbocycles. The van der Waals surface area contributed by atoms with E-state index >= 15 is 0 Å². The van der Waals surface area contributed by atoms with Crippen molar-refractivity contribution in [2.24, 2.45) is 11.0 Å². The lowest BCUT2D eigenvalue weighted by molar-refractivity contribution is -0.105. The van der Waals surface area contributed by atoms with Gasteiger partial charge in [-0.05, 0) is 60.7 Å². The highest BCUT2D eigenvalue weighted by Crippen LogP contribution is 2.34. The maximum absolute atomic E-state index is 12.7. The third kappa shape index (κ3) is 4.78. The molecule has 6 heteroatoms. The minimum absolute atomic E-state index is 0.0859. The second kappa shape index (κ2) is 10.2. The lowest BCUT2D eigenvalue weighted by atomic mass is 9.93. The standard InChI is InChI=1S/C31H27N3O2S/c35-21-25-8-4-9-28-27(25)18-29(23-6-2-1-3-7-23)34(32-28)26-13-11-22(12-14-26)19-33-16-15-24(20-33)31(36)30-10-5-17-37-30/h1-7,9-14,17-18,21,24H,8,15-16,19-20H2/t24-/m0/s1. The highest BCUT2D eigenvalue weighted by molar-refractivity contribution is 7.12. The second-order valence-corrected chi connectivity index (χ2v) is 10.5. The van der Waals surface area contributed by atoms with Gasteiger partial charge < -0.3 is 0 Å². The summed E-state index contributed by atoms with van der Waals surface area (Å²) in [4.78, 5) is 27.7. The maximum atomic E-state index is 12.7. The van der Waals surface area contributed by atoms with E-state index in [1.807, 2.05) is 52.9 Å².